The lowest BCUT2D eigenvalue weighted by Gasteiger charge is -2.25. The van der Waals surface area contributed by atoms with E-state index in [2.05, 4.69) is 36.3 Å². The van der Waals surface area contributed by atoms with Crippen LogP contribution in [-0.4, -0.2) is 47.3 Å². The quantitative estimate of drug-likeness (QED) is 0.449. The lowest BCUT2D eigenvalue weighted by atomic mass is 9.98. The summed E-state index contributed by atoms with van der Waals surface area (Å²) in [6.45, 7) is 8.54. The number of carbonyl (C=O) groups excluding carboxylic acids is 3. The summed E-state index contributed by atoms with van der Waals surface area (Å²) in [6, 6.07) is -1.09. The van der Waals surface area contributed by atoms with Gasteiger partial charge in [-0.05, 0) is 23.8 Å². The molecule has 0 aliphatic heterocycles. The SMILES string of the molecule is CC(C)C1=CC(CN(C)C(=O)N[C@H](C(=O)CC(=O)OCc2cncs2)C(C)C)=CC1. The molecule has 0 unspecified atom stereocenters. The van der Waals surface area contributed by atoms with Gasteiger partial charge >= 0.3 is 12.0 Å². The molecular formula is C22H31N3O4S. The number of amides is 2. The molecule has 0 bridgehead atoms. The monoisotopic (exact) mass is 433 g/mol. The molecule has 1 aromatic rings. The van der Waals surface area contributed by atoms with Gasteiger partial charge in [0.25, 0.3) is 0 Å². The maximum Gasteiger partial charge on any atom is 0.318 e. The van der Waals surface area contributed by atoms with Crippen LogP contribution in [0.2, 0.25) is 0 Å². The number of hydrogen-bond donors (Lipinski definition) is 1. The van der Waals surface area contributed by atoms with Crippen molar-refractivity contribution in [2.24, 2.45) is 11.8 Å². The Morgan fingerprint density at radius 3 is 2.57 bits per heavy atom. The summed E-state index contributed by atoms with van der Waals surface area (Å²) >= 11 is 1.38. The topological polar surface area (TPSA) is 88.6 Å². The minimum atomic E-state index is -0.754. The van der Waals surface area contributed by atoms with E-state index < -0.39 is 12.0 Å². The zero-order chi connectivity index (χ0) is 22.3. The molecule has 1 aromatic heterocycles. The summed E-state index contributed by atoms with van der Waals surface area (Å²) in [5.74, 6) is -0.633. The van der Waals surface area contributed by atoms with Gasteiger partial charge in [0.1, 0.15) is 13.0 Å². The predicted molar refractivity (Wildman–Crippen MR) is 117 cm³/mol. The molecule has 0 fully saturated rings. The van der Waals surface area contributed by atoms with Gasteiger partial charge in [0, 0.05) is 19.8 Å². The number of rotatable bonds is 10. The van der Waals surface area contributed by atoms with Gasteiger partial charge in [-0.25, -0.2) is 4.79 Å². The molecule has 0 saturated carbocycles. The molecular weight excluding hydrogens is 402 g/mol. The first-order valence-electron chi connectivity index (χ1n) is 10.1. The summed E-state index contributed by atoms with van der Waals surface area (Å²) in [5, 5.41) is 2.77. The number of Topliss-reactive ketones (excluding diaryl/α,β-unsaturated/α-hetero) is 1. The van der Waals surface area contributed by atoms with E-state index in [1.807, 2.05) is 13.8 Å². The fraction of sp³-hybridized carbons (Fsp3) is 0.545. The number of hydrogen-bond acceptors (Lipinski definition) is 6. The molecule has 0 saturated heterocycles. The highest BCUT2D eigenvalue weighted by atomic mass is 32.1. The van der Waals surface area contributed by atoms with Crippen LogP contribution in [0, 0.1) is 11.8 Å². The molecule has 1 N–H and O–H groups in total. The number of esters is 1. The van der Waals surface area contributed by atoms with Crippen molar-refractivity contribution in [2.75, 3.05) is 13.6 Å². The second-order valence-corrected chi connectivity index (χ2v) is 9.13. The van der Waals surface area contributed by atoms with Crippen LogP contribution in [0.1, 0.15) is 45.4 Å². The fourth-order valence-corrected chi connectivity index (χ4v) is 3.60. The van der Waals surface area contributed by atoms with E-state index in [9.17, 15) is 14.4 Å². The van der Waals surface area contributed by atoms with Gasteiger partial charge in [-0.2, -0.15) is 0 Å². The van der Waals surface area contributed by atoms with Crippen molar-refractivity contribution in [1.29, 1.82) is 0 Å². The zero-order valence-electron chi connectivity index (χ0n) is 18.3. The molecule has 164 valence electrons. The average Bonchev–Trinajstić information content (AvgIpc) is 3.35. The maximum atomic E-state index is 12.6. The number of likely N-dealkylation sites (N-methyl/N-ethyl adjacent to an activating group) is 1. The van der Waals surface area contributed by atoms with Crippen molar-refractivity contribution in [3.8, 4) is 0 Å². The van der Waals surface area contributed by atoms with Crippen LogP contribution in [-0.2, 0) is 20.9 Å². The number of carbonyl (C=O) groups is 3. The second-order valence-electron chi connectivity index (χ2n) is 8.16. The summed E-state index contributed by atoms with van der Waals surface area (Å²) in [5.41, 5.74) is 4.09. The van der Waals surface area contributed by atoms with Gasteiger partial charge in [-0.1, -0.05) is 45.4 Å². The molecule has 0 radical (unpaired) electrons. The van der Waals surface area contributed by atoms with Gasteiger partial charge in [0.05, 0.1) is 16.4 Å². The molecule has 1 aliphatic rings. The third-order valence-electron chi connectivity index (χ3n) is 4.95. The number of aromatic nitrogens is 1. The van der Waals surface area contributed by atoms with Crippen molar-refractivity contribution in [3.05, 3.63) is 39.9 Å². The largest absolute Gasteiger partial charge is 0.460 e. The number of nitrogens with zero attached hydrogens (tertiary/aromatic N) is 2. The highest BCUT2D eigenvalue weighted by molar-refractivity contribution is 7.09. The number of thiazole rings is 1. The van der Waals surface area contributed by atoms with E-state index in [1.165, 1.54) is 16.9 Å². The Hall–Kier alpha value is -2.48. The van der Waals surface area contributed by atoms with Crippen molar-refractivity contribution < 1.29 is 19.1 Å². The smallest absolute Gasteiger partial charge is 0.318 e. The minimum Gasteiger partial charge on any atom is -0.460 e. The highest BCUT2D eigenvalue weighted by Crippen LogP contribution is 2.24. The first-order valence-corrected chi connectivity index (χ1v) is 11.0. The summed E-state index contributed by atoms with van der Waals surface area (Å²) < 4.78 is 5.13. The molecule has 30 heavy (non-hydrogen) atoms. The van der Waals surface area contributed by atoms with Crippen LogP contribution in [0.15, 0.2) is 35.0 Å². The second kappa shape index (κ2) is 11.1. The van der Waals surface area contributed by atoms with Crippen molar-refractivity contribution in [1.82, 2.24) is 15.2 Å². The van der Waals surface area contributed by atoms with Crippen LogP contribution in [0.4, 0.5) is 4.79 Å². The Bertz CT molecular complexity index is 812. The highest BCUT2D eigenvalue weighted by Gasteiger charge is 2.28. The molecule has 1 atom stereocenters. The summed E-state index contributed by atoms with van der Waals surface area (Å²) in [4.78, 5) is 43.5. The van der Waals surface area contributed by atoms with E-state index in [0.29, 0.717) is 12.5 Å². The normalized spacial score (nSPS) is 14.4. The van der Waals surface area contributed by atoms with Gasteiger partial charge < -0.3 is 15.0 Å². The molecule has 1 heterocycles. The number of ether oxygens (including phenoxy) is 1. The Morgan fingerprint density at radius 2 is 2.00 bits per heavy atom. The Morgan fingerprint density at radius 1 is 1.27 bits per heavy atom. The van der Waals surface area contributed by atoms with Gasteiger partial charge in [-0.3, -0.25) is 14.6 Å². The van der Waals surface area contributed by atoms with E-state index in [0.717, 1.165) is 16.9 Å². The van der Waals surface area contributed by atoms with E-state index in [1.54, 1.807) is 23.7 Å². The van der Waals surface area contributed by atoms with Crippen molar-refractivity contribution in [3.63, 3.8) is 0 Å². The number of nitrogens with one attached hydrogen (secondary N) is 1. The van der Waals surface area contributed by atoms with Crippen LogP contribution in [0.3, 0.4) is 0 Å². The van der Waals surface area contributed by atoms with Gasteiger partial charge in [-0.15, -0.1) is 11.3 Å². The summed E-state index contributed by atoms with van der Waals surface area (Å²) in [6.07, 6.45) is 6.42. The minimum absolute atomic E-state index is 0.0964. The zero-order valence-corrected chi connectivity index (χ0v) is 19.1. The van der Waals surface area contributed by atoms with Gasteiger partial charge in [0.15, 0.2) is 5.78 Å². The molecule has 1 aliphatic carbocycles. The van der Waals surface area contributed by atoms with Crippen LogP contribution >= 0.6 is 11.3 Å². The average molecular weight is 434 g/mol. The number of ketones is 1. The van der Waals surface area contributed by atoms with Crippen LogP contribution < -0.4 is 5.32 Å². The maximum absolute atomic E-state index is 12.6. The van der Waals surface area contributed by atoms with E-state index >= 15 is 0 Å². The molecule has 2 rings (SSSR count). The Kier molecular flexibility index (Phi) is 8.77. The third kappa shape index (κ3) is 7.09. The van der Waals surface area contributed by atoms with Crippen molar-refractivity contribution in [2.45, 2.75) is 53.2 Å². The van der Waals surface area contributed by atoms with Crippen LogP contribution in [0.5, 0.6) is 0 Å². The fourth-order valence-electron chi connectivity index (χ4n) is 3.09. The van der Waals surface area contributed by atoms with Crippen LogP contribution in [0.25, 0.3) is 0 Å². The molecule has 0 aromatic carbocycles. The Balaban J connectivity index is 1.86. The number of urea groups is 1. The van der Waals surface area contributed by atoms with E-state index in [4.69, 9.17) is 4.74 Å². The molecule has 0 spiro atoms. The van der Waals surface area contributed by atoms with Crippen molar-refractivity contribution >= 4 is 29.1 Å². The summed E-state index contributed by atoms with van der Waals surface area (Å²) in [7, 11) is 1.70. The molecule has 7 nitrogen and oxygen atoms in total. The molecule has 8 heteroatoms. The first-order chi connectivity index (χ1) is 14.2. The lowest BCUT2D eigenvalue weighted by molar-refractivity contribution is -0.147. The lowest BCUT2D eigenvalue weighted by Crippen LogP contribution is -2.49. The van der Waals surface area contributed by atoms with Gasteiger partial charge in [0.2, 0.25) is 0 Å². The Labute approximate surface area is 182 Å². The first kappa shape index (κ1) is 23.8. The van der Waals surface area contributed by atoms with E-state index in [-0.39, 0.29) is 30.8 Å². The third-order valence-corrected chi connectivity index (χ3v) is 5.70. The molecule has 2 amide bonds. The predicted octanol–water partition coefficient (Wildman–Crippen LogP) is 3.72. The number of allylic oxidation sites excluding steroid dienone is 2. The standard InChI is InChI=1S/C22H31N3O4S/c1-14(2)17-7-6-16(8-17)11-25(5)22(28)24-21(15(3)4)19(26)9-20(27)29-12-18-10-23-13-30-18/h6,8,10,13-15,21H,7,9,11-12H2,1-5H3,(H,24,28)/t21-/m0/s1.